The number of ketones is 1. The van der Waals surface area contributed by atoms with Gasteiger partial charge in [0.1, 0.15) is 11.5 Å². The van der Waals surface area contributed by atoms with Crippen molar-refractivity contribution in [1.82, 2.24) is 14.8 Å². The number of Topliss-reactive ketones (excluding diaryl/α,β-unsaturated/α-hetero) is 1. The van der Waals surface area contributed by atoms with Gasteiger partial charge in [-0.05, 0) is 38.0 Å². The molecule has 0 fully saturated rings. The van der Waals surface area contributed by atoms with Gasteiger partial charge in [0.15, 0.2) is 12.3 Å². The molecule has 3 aromatic rings. The monoisotopic (exact) mass is 425 g/mol. The normalized spacial score (nSPS) is 11.2. The molecule has 0 N–H and O–H groups in total. The number of carbonyl (C=O) groups excluding carboxylic acids is 2. The molecule has 0 aliphatic heterocycles. The van der Waals surface area contributed by atoms with Crippen LogP contribution in [0.4, 0.5) is 0 Å². The Kier molecular flexibility index (Phi) is 6.58. The lowest BCUT2D eigenvalue weighted by Crippen LogP contribution is -2.16. The number of nitrogens with zero attached hydrogens (tertiary/aromatic N) is 3. The first kappa shape index (κ1) is 22.3. The standard InChI is InChI=1S/C23H27N3O5/c1-13(2)19-10-17(18-11-24-26(14(3)4)22(18)25-19)23(28)31-12-20(27)16-8-7-15(29-5)9-21(16)30-6/h7-11,13-14H,12H2,1-6H3. The van der Waals surface area contributed by atoms with Gasteiger partial charge in [-0.15, -0.1) is 0 Å². The van der Waals surface area contributed by atoms with Crippen molar-refractivity contribution in [3.63, 3.8) is 0 Å². The minimum absolute atomic E-state index is 0.0837. The molecule has 0 bridgehead atoms. The molecule has 0 aliphatic carbocycles. The Hall–Kier alpha value is -3.42. The molecule has 8 nitrogen and oxygen atoms in total. The molecule has 164 valence electrons. The van der Waals surface area contributed by atoms with Crippen LogP contribution in [-0.4, -0.2) is 47.3 Å². The third kappa shape index (κ3) is 4.52. The van der Waals surface area contributed by atoms with Gasteiger partial charge in [-0.3, -0.25) is 4.79 Å². The van der Waals surface area contributed by atoms with Crippen molar-refractivity contribution in [2.45, 2.75) is 39.7 Å². The third-order valence-electron chi connectivity index (χ3n) is 4.93. The lowest BCUT2D eigenvalue weighted by atomic mass is 10.1. The molecule has 0 radical (unpaired) electrons. The van der Waals surface area contributed by atoms with Crippen molar-refractivity contribution in [3.05, 3.63) is 47.3 Å². The zero-order valence-electron chi connectivity index (χ0n) is 18.6. The smallest absolute Gasteiger partial charge is 0.339 e. The molecule has 31 heavy (non-hydrogen) atoms. The summed E-state index contributed by atoms with van der Waals surface area (Å²) in [5, 5.41) is 4.97. The van der Waals surface area contributed by atoms with Gasteiger partial charge in [-0.1, -0.05) is 13.8 Å². The Morgan fingerprint density at radius 1 is 1.03 bits per heavy atom. The van der Waals surface area contributed by atoms with Gasteiger partial charge in [0, 0.05) is 17.8 Å². The summed E-state index contributed by atoms with van der Waals surface area (Å²) < 4.78 is 17.6. The number of benzene rings is 1. The van der Waals surface area contributed by atoms with Gasteiger partial charge in [0.2, 0.25) is 5.78 Å². The first-order valence-corrected chi connectivity index (χ1v) is 10.1. The zero-order valence-corrected chi connectivity index (χ0v) is 18.6. The molecule has 0 unspecified atom stereocenters. The highest BCUT2D eigenvalue weighted by molar-refractivity contribution is 6.05. The minimum Gasteiger partial charge on any atom is -0.497 e. The largest absolute Gasteiger partial charge is 0.497 e. The van der Waals surface area contributed by atoms with E-state index in [0.29, 0.717) is 33.7 Å². The van der Waals surface area contributed by atoms with Crippen molar-refractivity contribution in [3.8, 4) is 11.5 Å². The van der Waals surface area contributed by atoms with E-state index in [4.69, 9.17) is 14.2 Å². The van der Waals surface area contributed by atoms with E-state index in [9.17, 15) is 9.59 Å². The predicted molar refractivity (Wildman–Crippen MR) is 116 cm³/mol. The van der Waals surface area contributed by atoms with Gasteiger partial charge < -0.3 is 14.2 Å². The van der Waals surface area contributed by atoms with Crippen molar-refractivity contribution >= 4 is 22.8 Å². The van der Waals surface area contributed by atoms with E-state index in [1.54, 1.807) is 35.1 Å². The number of methoxy groups -OCH3 is 2. The summed E-state index contributed by atoms with van der Waals surface area (Å²) in [5.74, 6) is 0.0511. The van der Waals surface area contributed by atoms with Crippen LogP contribution in [0.3, 0.4) is 0 Å². The van der Waals surface area contributed by atoms with E-state index in [1.807, 2.05) is 27.7 Å². The quantitative estimate of drug-likeness (QED) is 0.395. The first-order chi connectivity index (χ1) is 14.8. The summed E-state index contributed by atoms with van der Waals surface area (Å²) in [6.07, 6.45) is 1.61. The number of aromatic nitrogens is 3. The highest BCUT2D eigenvalue weighted by atomic mass is 16.5. The van der Waals surface area contributed by atoms with E-state index >= 15 is 0 Å². The van der Waals surface area contributed by atoms with E-state index in [-0.39, 0.29) is 17.7 Å². The summed E-state index contributed by atoms with van der Waals surface area (Å²) in [4.78, 5) is 30.3. The summed E-state index contributed by atoms with van der Waals surface area (Å²) in [6.45, 7) is 7.57. The Morgan fingerprint density at radius 2 is 1.77 bits per heavy atom. The molecule has 0 spiro atoms. The second kappa shape index (κ2) is 9.16. The first-order valence-electron chi connectivity index (χ1n) is 10.1. The van der Waals surface area contributed by atoms with Gasteiger partial charge in [-0.25, -0.2) is 14.5 Å². The van der Waals surface area contributed by atoms with Crippen molar-refractivity contribution < 1.29 is 23.8 Å². The maximum atomic E-state index is 12.9. The average Bonchev–Trinajstić information content (AvgIpc) is 3.20. The second-order valence-electron chi connectivity index (χ2n) is 7.74. The average molecular weight is 425 g/mol. The van der Waals surface area contributed by atoms with Crippen LogP contribution in [0.1, 0.15) is 66.1 Å². The Morgan fingerprint density at radius 3 is 2.39 bits per heavy atom. The van der Waals surface area contributed by atoms with Crippen LogP contribution in [0.2, 0.25) is 0 Å². The molecule has 3 rings (SSSR count). The van der Waals surface area contributed by atoms with Crippen LogP contribution in [0.25, 0.3) is 11.0 Å². The molecule has 0 saturated carbocycles. The van der Waals surface area contributed by atoms with Crippen LogP contribution in [0.15, 0.2) is 30.5 Å². The van der Waals surface area contributed by atoms with Crippen molar-refractivity contribution in [2.75, 3.05) is 20.8 Å². The molecule has 1 aromatic carbocycles. The fourth-order valence-electron chi connectivity index (χ4n) is 3.20. The zero-order chi connectivity index (χ0) is 22.7. The summed E-state index contributed by atoms with van der Waals surface area (Å²) in [5.41, 5.74) is 2.03. The number of pyridine rings is 1. The van der Waals surface area contributed by atoms with Crippen LogP contribution in [0, 0.1) is 0 Å². The minimum atomic E-state index is -0.599. The highest BCUT2D eigenvalue weighted by Gasteiger charge is 2.22. The molecule has 8 heteroatoms. The molecule has 0 atom stereocenters. The molecular weight excluding hydrogens is 398 g/mol. The van der Waals surface area contributed by atoms with E-state index in [1.165, 1.54) is 14.2 Å². The maximum absolute atomic E-state index is 12.9. The SMILES string of the molecule is COc1ccc(C(=O)COC(=O)c2cc(C(C)C)nc3c2cnn3C(C)C)c(OC)c1. The Labute approximate surface area is 181 Å². The fourth-order valence-corrected chi connectivity index (χ4v) is 3.20. The summed E-state index contributed by atoms with van der Waals surface area (Å²) in [7, 11) is 2.99. The fraction of sp³-hybridized carbons (Fsp3) is 0.391. The number of rotatable bonds is 8. The third-order valence-corrected chi connectivity index (χ3v) is 4.93. The lowest BCUT2D eigenvalue weighted by Gasteiger charge is -2.12. The summed E-state index contributed by atoms with van der Waals surface area (Å²) >= 11 is 0. The molecule has 0 amide bonds. The number of hydrogen-bond donors (Lipinski definition) is 0. The molecule has 0 aliphatic rings. The van der Waals surface area contributed by atoms with Crippen LogP contribution in [-0.2, 0) is 4.74 Å². The molecular formula is C23H27N3O5. The predicted octanol–water partition coefficient (Wildman–Crippen LogP) is 4.19. The van der Waals surface area contributed by atoms with Crippen LogP contribution >= 0.6 is 0 Å². The lowest BCUT2D eigenvalue weighted by molar-refractivity contribution is 0.0475. The second-order valence-corrected chi connectivity index (χ2v) is 7.74. The van der Waals surface area contributed by atoms with Gasteiger partial charge in [0.25, 0.3) is 0 Å². The van der Waals surface area contributed by atoms with E-state index < -0.39 is 12.6 Å². The van der Waals surface area contributed by atoms with Crippen molar-refractivity contribution in [1.29, 1.82) is 0 Å². The molecule has 2 aromatic heterocycles. The maximum Gasteiger partial charge on any atom is 0.339 e. The number of carbonyl (C=O) groups is 2. The Bertz CT molecular complexity index is 1120. The van der Waals surface area contributed by atoms with Crippen LogP contribution in [0.5, 0.6) is 11.5 Å². The number of esters is 1. The topological polar surface area (TPSA) is 92.5 Å². The van der Waals surface area contributed by atoms with Gasteiger partial charge >= 0.3 is 5.97 Å². The van der Waals surface area contributed by atoms with E-state index in [2.05, 4.69) is 10.1 Å². The van der Waals surface area contributed by atoms with Crippen molar-refractivity contribution in [2.24, 2.45) is 0 Å². The van der Waals surface area contributed by atoms with E-state index in [0.717, 1.165) is 5.69 Å². The van der Waals surface area contributed by atoms with Gasteiger partial charge in [0.05, 0.1) is 36.9 Å². The molecule has 0 saturated heterocycles. The van der Waals surface area contributed by atoms with Gasteiger partial charge in [-0.2, -0.15) is 5.10 Å². The number of fused-ring (bicyclic) bond motifs is 1. The number of ether oxygens (including phenoxy) is 3. The van der Waals surface area contributed by atoms with Crippen LogP contribution < -0.4 is 9.47 Å². The number of hydrogen-bond acceptors (Lipinski definition) is 7. The highest BCUT2D eigenvalue weighted by Crippen LogP contribution is 2.27. The Balaban J connectivity index is 1.88. The summed E-state index contributed by atoms with van der Waals surface area (Å²) in [6, 6.07) is 6.64. The molecule has 2 heterocycles.